The van der Waals surface area contributed by atoms with Crippen LogP contribution in [-0.4, -0.2) is 31.6 Å². The molecular weight excluding hydrogens is 404 g/mol. The van der Waals surface area contributed by atoms with Crippen molar-refractivity contribution in [2.45, 2.75) is 64.1 Å². The largest absolute Gasteiger partial charge is 0.333 e. The summed E-state index contributed by atoms with van der Waals surface area (Å²) >= 11 is 5.48. The van der Waals surface area contributed by atoms with Crippen LogP contribution in [0.5, 0.6) is 0 Å². The van der Waals surface area contributed by atoms with E-state index in [0.29, 0.717) is 23.8 Å². The number of nitrogens with zero attached hydrogens (tertiary/aromatic N) is 3. The number of carbonyl (C=O) groups is 1. The fraction of sp³-hybridized carbons (Fsp3) is 0.400. The van der Waals surface area contributed by atoms with Crippen molar-refractivity contribution < 1.29 is 4.79 Å². The van der Waals surface area contributed by atoms with Crippen LogP contribution in [-0.2, 0) is 17.8 Å². The molecule has 0 spiro atoms. The van der Waals surface area contributed by atoms with Crippen LogP contribution >= 0.6 is 12.2 Å². The molecule has 2 aromatic carbocycles. The van der Waals surface area contributed by atoms with Gasteiger partial charge in [-0.25, -0.2) is 0 Å². The molecule has 160 valence electrons. The van der Waals surface area contributed by atoms with E-state index in [1.807, 2.05) is 16.7 Å². The van der Waals surface area contributed by atoms with Gasteiger partial charge in [0, 0.05) is 24.6 Å². The zero-order valence-electron chi connectivity index (χ0n) is 17.9. The Morgan fingerprint density at radius 3 is 2.71 bits per heavy atom. The third-order valence-electron chi connectivity index (χ3n) is 6.52. The van der Waals surface area contributed by atoms with Crippen LogP contribution in [0.3, 0.4) is 0 Å². The Hall–Kier alpha value is -2.73. The number of hydrogen-bond acceptors (Lipinski definition) is 3. The number of fused-ring (bicyclic) bond motifs is 1. The van der Waals surface area contributed by atoms with Crippen molar-refractivity contribution in [2.24, 2.45) is 0 Å². The van der Waals surface area contributed by atoms with E-state index in [9.17, 15) is 4.79 Å². The summed E-state index contributed by atoms with van der Waals surface area (Å²) in [5.41, 5.74) is 4.95. The van der Waals surface area contributed by atoms with E-state index in [2.05, 4.69) is 58.4 Å². The maximum absolute atomic E-state index is 13.5. The smallest absolute Gasteiger partial charge is 0.225 e. The first kappa shape index (κ1) is 20.2. The van der Waals surface area contributed by atoms with Gasteiger partial charge in [0.05, 0.1) is 6.04 Å². The minimum absolute atomic E-state index is 0.207. The van der Waals surface area contributed by atoms with Gasteiger partial charge >= 0.3 is 0 Å². The molecule has 2 aliphatic carbocycles. The van der Waals surface area contributed by atoms with E-state index < -0.39 is 0 Å². The molecule has 2 aliphatic rings. The first-order valence-electron chi connectivity index (χ1n) is 11.2. The van der Waals surface area contributed by atoms with Crippen molar-refractivity contribution >= 4 is 18.1 Å². The summed E-state index contributed by atoms with van der Waals surface area (Å²) in [6.07, 6.45) is 5.97. The molecule has 5 nitrogen and oxygen atoms in total. The number of aromatic amines is 1. The quantitative estimate of drug-likeness (QED) is 0.533. The summed E-state index contributed by atoms with van der Waals surface area (Å²) in [6.45, 7) is 2.60. The Kier molecular flexibility index (Phi) is 5.48. The summed E-state index contributed by atoms with van der Waals surface area (Å²) in [5.74, 6) is 1.01. The number of carbonyl (C=O) groups excluding carboxylic acids is 1. The van der Waals surface area contributed by atoms with Gasteiger partial charge in [-0.15, -0.1) is 0 Å². The highest BCUT2D eigenvalue weighted by Crippen LogP contribution is 2.41. The van der Waals surface area contributed by atoms with Crippen molar-refractivity contribution in [1.29, 1.82) is 0 Å². The minimum atomic E-state index is 0.207. The second-order valence-corrected chi connectivity index (χ2v) is 9.15. The molecule has 1 fully saturated rings. The van der Waals surface area contributed by atoms with Gasteiger partial charge in [-0.1, -0.05) is 54.1 Å². The molecule has 1 atom stereocenters. The topological polar surface area (TPSA) is 53.9 Å². The lowest BCUT2D eigenvalue weighted by Gasteiger charge is -2.36. The maximum Gasteiger partial charge on any atom is 0.225 e. The first-order valence-corrected chi connectivity index (χ1v) is 11.6. The molecule has 5 rings (SSSR count). The molecule has 3 aromatic rings. The Labute approximate surface area is 188 Å². The monoisotopic (exact) mass is 432 g/mol. The molecule has 1 amide bonds. The van der Waals surface area contributed by atoms with Crippen LogP contribution in [0.4, 0.5) is 0 Å². The van der Waals surface area contributed by atoms with Crippen LogP contribution in [0, 0.1) is 11.7 Å². The van der Waals surface area contributed by atoms with E-state index >= 15 is 0 Å². The van der Waals surface area contributed by atoms with Crippen molar-refractivity contribution in [2.75, 3.05) is 0 Å². The van der Waals surface area contributed by atoms with Gasteiger partial charge < -0.3 is 4.90 Å². The molecule has 1 unspecified atom stereocenters. The van der Waals surface area contributed by atoms with Gasteiger partial charge in [-0.05, 0) is 62.4 Å². The third-order valence-corrected chi connectivity index (χ3v) is 6.83. The van der Waals surface area contributed by atoms with Gasteiger partial charge in [0.25, 0.3) is 0 Å². The van der Waals surface area contributed by atoms with Crippen molar-refractivity contribution in [3.05, 3.63) is 70.0 Å². The number of amides is 1. The molecule has 6 heteroatoms. The van der Waals surface area contributed by atoms with Crippen LogP contribution in [0.15, 0.2) is 48.5 Å². The van der Waals surface area contributed by atoms with E-state index in [-0.39, 0.29) is 11.9 Å². The second-order valence-electron chi connectivity index (χ2n) is 8.76. The van der Waals surface area contributed by atoms with Gasteiger partial charge in [-0.2, -0.15) is 5.10 Å². The van der Waals surface area contributed by atoms with Crippen molar-refractivity contribution in [3.63, 3.8) is 0 Å². The lowest BCUT2D eigenvalue weighted by Crippen LogP contribution is -2.38. The summed E-state index contributed by atoms with van der Waals surface area (Å²) < 4.78 is 2.52. The number of aryl methyl sites for hydroxylation is 2. The predicted molar refractivity (Wildman–Crippen MR) is 124 cm³/mol. The summed E-state index contributed by atoms with van der Waals surface area (Å²) in [6, 6.07) is 17.5. The van der Waals surface area contributed by atoms with Gasteiger partial charge in [0.15, 0.2) is 10.6 Å². The number of nitrogens with one attached hydrogen (secondary N) is 1. The van der Waals surface area contributed by atoms with Crippen LogP contribution < -0.4 is 0 Å². The summed E-state index contributed by atoms with van der Waals surface area (Å²) in [4.78, 5) is 15.7. The normalized spacial score (nSPS) is 17.9. The van der Waals surface area contributed by atoms with Gasteiger partial charge in [0.2, 0.25) is 5.91 Å². The molecular formula is C25H28N4OS. The third kappa shape index (κ3) is 4.09. The van der Waals surface area contributed by atoms with E-state index in [1.54, 1.807) is 0 Å². The van der Waals surface area contributed by atoms with Crippen LogP contribution in [0.2, 0.25) is 0 Å². The number of rotatable bonds is 6. The standard InChI is InChI=1S/C25H28N4OS/c1-17-9-11-19(12-10-17)24-26-27-25(31)28(24)16-15-23(30)29(20-13-14-20)22-8-4-6-18-5-2-3-7-21(18)22/h2-3,5,7,9-12,20,22H,4,6,8,13-16H2,1H3,(H,27,31). The molecule has 0 saturated heterocycles. The molecule has 0 bridgehead atoms. The average Bonchev–Trinajstić information content (AvgIpc) is 3.55. The lowest BCUT2D eigenvalue weighted by atomic mass is 9.86. The highest BCUT2D eigenvalue weighted by atomic mass is 32.1. The Balaban J connectivity index is 1.36. The Morgan fingerprint density at radius 1 is 1.16 bits per heavy atom. The molecule has 0 aliphatic heterocycles. The molecule has 31 heavy (non-hydrogen) atoms. The van der Waals surface area contributed by atoms with Crippen LogP contribution in [0.1, 0.15) is 54.8 Å². The first-order chi connectivity index (χ1) is 15.1. The zero-order valence-corrected chi connectivity index (χ0v) is 18.7. The number of H-pyrrole nitrogens is 1. The highest BCUT2D eigenvalue weighted by Gasteiger charge is 2.39. The van der Waals surface area contributed by atoms with E-state index in [1.165, 1.54) is 16.7 Å². The Bertz CT molecular complexity index is 1140. The van der Waals surface area contributed by atoms with Crippen LogP contribution in [0.25, 0.3) is 11.4 Å². The van der Waals surface area contributed by atoms with E-state index in [4.69, 9.17) is 12.2 Å². The van der Waals surface area contributed by atoms with E-state index in [0.717, 1.165) is 43.5 Å². The average molecular weight is 433 g/mol. The van der Waals surface area contributed by atoms with Crippen molar-refractivity contribution in [1.82, 2.24) is 19.7 Å². The second kappa shape index (κ2) is 8.42. The molecule has 1 N–H and O–H groups in total. The predicted octanol–water partition coefficient (Wildman–Crippen LogP) is 5.37. The van der Waals surface area contributed by atoms with Crippen molar-refractivity contribution in [3.8, 4) is 11.4 Å². The fourth-order valence-electron chi connectivity index (χ4n) is 4.79. The molecule has 0 radical (unpaired) electrons. The molecule has 1 saturated carbocycles. The maximum atomic E-state index is 13.5. The number of benzene rings is 2. The zero-order chi connectivity index (χ0) is 21.4. The highest BCUT2D eigenvalue weighted by molar-refractivity contribution is 7.71. The summed E-state index contributed by atoms with van der Waals surface area (Å²) in [5, 5.41) is 7.33. The molecule has 1 heterocycles. The number of hydrogen-bond donors (Lipinski definition) is 1. The van der Waals surface area contributed by atoms with Gasteiger partial charge in [-0.3, -0.25) is 14.5 Å². The summed E-state index contributed by atoms with van der Waals surface area (Å²) in [7, 11) is 0. The number of aromatic nitrogens is 3. The SMILES string of the molecule is Cc1ccc(-c2n[nH]c(=S)n2CCC(=O)N(C2CC2)C2CCCc3ccccc32)cc1. The van der Waals surface area contributed by atoms with Gasteiger partial charge in [0.1, 0.15) is 0 Å². The lowest BCUT2D eigenvalue weighted by molar-refractivity contribution is -0.135. The molecule has 1 aromatic heterocycles. The Morgan fingerprint density at radius 2 is 1.94 bits per heavy atom. The fourth-order valence-corrected chi connectivity index (χ4v) is 5.01. The minimum Gasteiger partial charge on any atom is -0.333 e.